The Balaban J connectivity index is 1.84. The van der Waals surface area contributed by atoms with Gasteiger partial charge in [-0.15, -0.1) is 0 Å². The van der Waals surface area contributed by atoms with Crippen LogP contribution in [0.5, 0.6) is 11.5 Å². The molecule has 2 aromatic carbocycles. The third kappa shape index (κ3) is 6.22. The zero-order valence-electron chi connectivity index (χ0n) is 14.5. The second-order valence-corrected chi connectivity index (χ2v) is 5.86. The number of para-hydroxylation sites is 1. The number of hydrogen-bond acceptors (Lipinski definition) is 4. The zero-order chi connectivity index (χ0) is 17.2. The number of rotatable bonds is 10. The minimum atomic E-state index is -0.519. The summed E-state index contributed by atoms with van der Waals surface area (Å²) < 4.78 is 10.8. The summed E-state index contributed by atoms with van der Waals surface area (Å²) in [5.41, 5.74) is 1.21. The summed E-state index contributed by atoms with van der Waals surface area (Å²) in [6, 6.07) is 17.7. The Morgan fingerprint density at radius 3 is 2.33 bits per heavy atom. The van der Waals surface area contributed by atoms with Crippen LogP contribution in [0, 0.1) is 0 Å². The van der Waals surface area contributed by atoms with Crippen molar-refractivity contribution in [2.24, 2.45) is 0 Å². The molecule has 0 aromatic heterocycles. The van der Waals surface area contributed by atoms with E-state index in [1.165, 1.54) is 5.56 Å². The lowest BCUT2D eigenvalue weighted by atomic mass is 10.2. The summed E-state index contributed by atoms with van der Waals surface area (Å²) >= 11 is 0. The molecule has 2 aromatic rings. The van der Waals surface area contributed by atoms with Gasteiger partial charge in [-0.2, -0.15) is 0 Å². The normalized spacial score (nSPS) is 12.2. The average molecular weight is 329 g/mol. The van der Waals surface area contributed by atoms with Crippen molar-refractivity contribution < 1.29 is 14.6 Å². The highest BCUT2D eigenvalue weighted by atomic mass is 16.5. The molecule has 0 aliphatic rings. The molecule has 0 amide bonds. The number of benzene rings is 2. The third-order valence-corrected chi connectivity index (χ3v) is 3.76. The van der Waals surface area contributed by atoms with Crippen LogP contribution < -0.4 is 9.47 Å². The van der Waals surface area contributed by atoms with Crippen molar-refractivity contribution in [3.63, 3.8) is 0 Å². The molecular weight excluding hydrogens is 302 g/mol. The first-order chi connectivity index (χ1) is 11.7. The summed E-state index contributed by atoms with van der Waals surface area (Å²) in [4.78, 5) is 2.25. The van der Waals surface area contributed by atoms with Crippen LogP contribution in [0.2, 0.25) is 0 Å². The Bertz CT molecular complexity index is 571. The van der Waals surface area contributed by atoms with Crippen molar-refractivity contribution in [1.82, 2.24) is 4.90 Å². The van der Waals surface area contributed by atoms with Crippen LogP contribution in [0.4, 0.5) is 0 Å². The van der Waals surface area contributed by atoms with Gasteiger partial charge < -0.3 is 14.6 Å². The first-order valence-electron chi connectivity index (χ1n) is 8.42. The van der Waals surface area contributed by atoms with Gasteiger partial charge in [0.15, 0.2) is 0 Å². The number of aliphatic hydroxyl groups is 1. The highest BCUT2D eigenvalue weighted by molar-refractivity contribution is 5.27. The molecule has 1 N–H and O–H groups in total. The summed E-state index contributed by atoms with van der Waals surface area (Å²) in [6.45, 7) is 4.78. The molecular formula is C20H27NO3. The Kier molecular flexibility index (Phi) is 7.59. The van der Waals surface area contributed by atoms with Crippen LogP contribution in [0.25, 0.3) is 0 Å². The van der Waals surface area contributed by atoms with Crippen molar-refractivity contribution in [1.29, 1.82) is 0 Å². The number of methoxy groups -OCH3 is 1. The summed E-state index contributed by atoms with van der Waals surface area (Å²) in [7, 11) is 1.67. The minimum absolute atomic E-state index is 0.298. The van der Waals surface area contributed by atoms with Crippen LogP contribution >= 0.6 is 0 Å². The standard InChI is InChI=1S/C20H27NO3/c1-3-13-21(14-17-9-11-19(23-2)12-10-17)15-18(22)16-24-20-7-5-4-6-8-20/h4-12,18,22H,3,13-16H2,1-2H3. The smallest absolute Gasteiger partial charge is 0.119 e. The van der Waals surface area contributed by atoms with Crippen molar-refractivity contribution >= 4 is 0 Å². The second-order valence-electron chi connectivity index (χ2n) is 5.86. The number of nitrogens with zero attached hydrogens (tertiary/aromatic N) is 1. The molecule has 4 heteroatoms. The fourth-order valence-electron chi connectivity index (χ4n) is 2.60. The minimum Gasteiger partial charge on any atom is -0.497 e. The first kappa shape index (κ1) is 18.3. The molecule has 0 fully saturated rings. The lowest BCUT2D eigenvalue weighted by molar-refractivity contribution is 0.0656. The van der Waals surface area contributed by atoms with Crippen LogP contribution in [0.1, 0.15) is 18.9 Å². The molecule has 0 bridgehead atoms. The predicted octanol–water partition coefficient (Wildman–Crippen LogP) is 3.35. The molecule has 0 saturated heterocycles. The lowest BCUT2D eigenvalue weighted by Gasteiger charge is -2.25. The monoisotopic (exact) mass is 329 g/mol. The number of ether oxygens (including phenoxy) is 2. The Hall–Kier alpha value is -2.04. The van der Waals surface area contributed by atoms with Crippen LogP contribution in [-0.4, -0.2) is 42.9 Å². The third-order valence-electron chi connectivity index (χ3n) is 3.76. The largest absolute Gasteiger partial charge is 0.497 e. The van der Waals surface area contributed by atoms with E-state index in [4.69, 9.17) is 9.47 Å². The van der Waals surface area contributed by atoms with Gasteiger partial charge in [0.2, 0.25) is 0 Å². The Morgan fingerprint density at radius 1 is 1.00 bits per heavy atom. The molecule has 24 heavy (non-hydrogen) atoms. The molecule has 0 radical (unpaired) electrons. The lowest BCUT2D eigenvalue weighted by Crippen LogP contribution is -2.35. The maximum Gasteiger partial charge on any atom is 0.119 e. The van der Waals surface area contributed by atoms with E-state index in [0.29, 0.717) is 13.2 Å². The van der Waals surface area contributed by atoms with Gasteiger partial charge in [0.25, 0.3) is 0 Å². The summed E-state index contributed by atoms with van der Waals surface area (Å²) in [6.07, 6.45) is 0.526. The van der Waals surface area contributed by atoms with Gasteiger partial charge in [-0.1, -0.05) is 37.3 Å². The van der Waals surface area contributed by atoms with Gasteiger partial charge in [-0.3, -0.25) is 4.90 Å². The van der Waals surface area contributed by atoms with Crippen molar-refractivity contribution in [2.75, 3.05) is 26.8 Å². The van der Waals surface area contributed by atoms with E-state index >= 15 is 0 Å². The molecule has 130 valence electrons. The maximum absolute atomic E-state index is 10.3. The SMILES string of the molecule is CCCN(Cc1ccc(OC)cc1)CC(O)COc1ccccc1. The van der Waals surface area contributed by atoms with Crippen LogP contribution in [-0.2, 0) is 6.54 Å². The average Bonchev–Trinajstić information content (AvgIpc) is 2.62. The highest BCUT2D eigenvalue weighted by Crippen LogP contribution is 2.14. The van der Waals surface area contributed by atoms with E-state index in [2.05, 4.69) is 24.0 Å². The Morgan fingerprint density at radius 2 is 1.71 bits per heavy atom. The quantitative estimate of drug-likeness (QED) is 0.726. The topological polar surface area (TPSA) is 41.9 Å². The predicted molar refractivity (Wildman–Crippen MR) is 96.5 cm³/mol. The summed E-state index contributed by atoms with van der Waals surface area (Å²) in [5, 5.41) is 10.3. The molecule has 0 aliphatic carbocycles. The first-order valence-corrected chi connectivity index (χ1v) is 8.42. The van der Waals surface area contributed by atoms with Gasteiger partial charge in [0.05, 0.1) is 7.11 Å². The molecule has 4 nitrogen and oxygen atoms in total. The molecule has 0 spiro atoms. The van der Waals surface area contributed by atoms with Crippen LogP contribution in [0.15, 0.2) is 54.6 Å². The Labute approximate surface area is 144 Å². The van der Waals surface area contributed by atoms with Crippen molar-refractivity contribution in [2.45, 2.75) is 26.0 Å². The zero-order valence-corrected chi connectivity index (χ0v) is 14.5. The molecule has 0 heterocycles. The van der Waals surface area contributed by atoms with E-state index in [1.807, 2.05) is 42.5 Å². The van der Waals surface area contributed by atoms with Gasteiger partial charge in [0, 0.05) is 13.1 Å². The van der Waals surface area contributed by atoms with E-state index < -0.39 is 6.10 Å². The molecule has 1 unspecified atom stereocenters. The van der Waals surface area contributed by atoms with E-state index in [9.17, 15) is 5.11 Å². The second kappa shape index (κ2) is 9.96. The highest BCUT2D eigenvalue weighted by Gasteiger charge is 2.12. The molecule has 0 saturated carbocycles. The van der Waals surface area contributed by atoms with Gasteiger partial charge in [-0.25, -0.2) is 0 Å². The van der Waals surface area contributed by atoms with Gasteiger partial charge >= 0.3 is 0 Å². The number of aliphatic hydroxyl groups excluding tert-OH is 1. The van der Waals surface area contributed by atoms with E-state index in [1.54, 1.807) is 7.11 Å². The molecule has 0 aliphatic heterocycles. The maximum atomic E-state index is 10.3. The van der Waals surface area contributed by atoms with Crippen LogP contribution in [0.3, 0.4) is 0 Å². The fourth-order valence-corrected chi connectivity index (χ4v) is 2.60. The summed E-state index contributed by atoms with van der Waals surface area (Å²) in [5.74, 6) is 1.64. The van der Waals surface area contributed by atoms with E-state index in [-0.39, 0.29) is 0 Å². The fraction of sp³-hybridized carbons (Fsp3) is 0.400. The van der Waals surface area contributed by atoms with Crippen molar-refractivity contribution in [3.8, 4) is 11.5 Å². The molecule has 1 atom stereocenters. The van der Waals surface area contributed by atoms with Gasteiger partial charge in [-0.05, 0) is 42.8 Å². The van der Waals surface area contributed by atoms with Crippen molar-refractivity contribution in [3.05, 3.63) is 60.2 Å². The van der Waals surface area contributed by atoms with E-state index in [0.717, 1.165) is 31.0 Å². The molecule has 2 rings (SSSR count). The van der Waals surface area contributed by atoms with Gasteiger partial charge in [0.1, 0.15) is 24.2 Å². The number of hydrogen-bond donors (Lipinski definition) is 1.